The average Bonchev–Trinajstić information content (AvgIpc) is 2.33. The van der Waals surface area contributed by atoms with Gasteiger partial charge in [0.25, 0.3) is 0 Å². The molecule has 1 saturated carbocycles. The summed E-state index contributed by atoms with van der Waals surface area (Å²) >= 11 is 0. The van der Waals surface area contributed by atoms with Crippen LogP contribution in [0.5, 0.6) is 0 Å². The zero-order valence-corrected chi connectivity index (χ0v) is 9.41. The molecular formula is C12H21N3. The van der Waals surface area contributed by atoms with E-state index < -0.39 is 0 Å². The lowest BCUT2D eigenvalue weighted by molar-refractivity contribution is 0.139. The van der Waals surface area contributed by atoms with Crippen molar-refractivity contribution in [3.8, 4) is 6.07 Å². The monoisotopic (exact) mass is 207 g/mol. The summed E-state index contributed by atoms with van der Waals surface area (Å²) in [6.45, 7) is 4.19. The molecule has 3 nitrogen and oxygen atoms in total. The number of hydrogen-bond donors (Lipinski definition) is 1. The van der Waals surface area contributed by atoms with Crippen LogP contribution in [-0.2, 0) is 0 Å². The zero-order valence-electron chi connectivity index (χ0n) is 9.41. The summed E-state index contributed by atoms with van der Waals surface area (Å²) in [6, 6.07) is 2.73. The van der Waals surface area contributed by atoms with E-state index in [2.05, 4.69) is 16.3 Å². The molecule has 2 rings (SSSR count). The first-order valence-corrected chi connectivity index (χ1v) is 6.26. The van der Waals surface area contributed by atoms with Crippen LogP contribution < -0.4 is 5.32 Å². The van der Waals surface area contributed by atoms with Crippen LogP contribution in [0.15, 0.2) is 0 Å². The highest BCUT2D eigenvalue weighted by Crippen LogP contribution is 2.28. The number of nitrogens with one attached hydrogen (secondary N) is 1. The Balaban J connectivity index is 1.92. The highest BCUT2D eigenvalue weighted by Gasteiger charge is 2.29. The predicted molar refractivity (Wildman–Crippen MR) is 60.4 cm³/mol. The van der Waals surface area contributed by atoms with Crippen LogP contribution in [0.1, 0.15) is 32.1 Å². The third-order valence-corrected chi connectivity index (χ3v) is 3.77. The van der Waals surface area contributed by atoms with E-state index in [9.17, 15) is 5.26 Å². The van der Waals surface area contributed by atoms with Crippen molar-refractivity contribution >= 4 is 0 Å². The fourth-order valence-corrected chi connectivity index (χ4v) is 2.90. The first kappa shape index (κ1) is 10.9. The Morgan fingerprint density at radius 3 is 2.40 bits per heavy atom. The minimum absolute atomic E-state index is 0.187. The molecule has 2 fully saturated rings. The summed E-state index contributed by atoms with van der Waals surface area (Å²) in [5, 5.41) is 12.7. The summed E-state index contributed by atoms with van der Waals surface area (Å²) in [6.07, 6.45) is 6.56. The molecule has 1 heterocycles. The Bertz CT molecular complexity index is 204. The molecule has 1 saturated heterocycles. The predicted octanol–water partition coefficient (Wildman–Crippen LogP) is 1.36. The quantitative estimate of drug-likeness (QED) is 0.743. The van der Waals surface area contributed by atoms with Gasteiger partial charge in [0.2, 0.25) is 0 Å². The van der Waals surface area contributed by atoms with Gasteiger partial charge in [0, 0.05) is 26.2 Å². The fourth-order valence-electron chi connectivity index (χ4n) is 2.90. The number of nitriles is 1. The van der Waals surface area contributed by atoms with Gasteiger partial charge in [-0.05, 0) is 18.8 Å². The molecule has 1 aliphatic carbocycles. The third kappa shape index (κ3) is 2.70. The van der Waals surface area contributed by atoms with E-state index in [0.717, 1.165) is 26.2 Å². The second kappa shape index (κ2) is 5.48. The van der Waals surface area contributed by atoms with Gasteiger partial charge in [-0.15, -0.1) is 0 Å². The Morgan fingerprint density at radius 1 is 1.13 bits per heavy atom. The zero-order chi connectivity index (χ0) is 10.5. The number of hydrogen-bond acceptors (Lipinski definition) is 3. The molecular weight excluding hydrogens is 186 g/mol. The topological polar surface area (TPSA) is 39.1 Å². The van der Waals surface area contributed by atoms with Crippen molar-refractivity contribution in [2.24, 2.45) is 5.92 Å². The van der Waals surface area contributed by atoms with Crippen LogP contribution in [0.4, 0.5) is 0 Å². The normalized spacial score (nSPS) is 27.1. The van der Waals surface area contributed by atoms with Crippen LogP contribution in [-0.4, -0.2) is 37.1 Å². The SMILES string of the molecule is N#C[C@H](C1CCCCC1)N1CCNCC1. The number of piperazine rings is 1. The maximum absolute atomic E-state index is 9.32. The van der Waals surface area contributed by atoms with Gasteiger partial charge in [0.05, 0.1) is 6.07 Å². The minimum atomic E-state index is 0.187. The van der Waals surface area contributed by atoms with Crippen molar-refractivity contribution in [2.75, 3.05) is 26.2 Å². The van der Waals surface area contributed by atoms with E-state index in [1.165, 1.54) is 32.1 Å². The molecule has 0 aromatic heterocycles. The lowest BCUT2D eigenvalue weighted by atomic mass is 9.83. The largest absolute Gasteiger partial charge is 0.314 e. The van der Waals surface area contributed by atoms with Crippen molar-refractivity contribution in [3.05, 3.63) is 0 Å². The van der Waals surface area contributed by atoms with Crippen LogP contribution >= 0.6 is 0 Å². The van der Waals surface area contributed by atoms with Gasteiger partial charge in [-0.3, -0.25) is 4.90 Å². The summed E-state index contributed by atoms with van der Waals surface area (Å²) in [4.78, 5) is 2.38. The van der Waals surface area contributed by atoms with E-state index in [1.807, 2.05) is 0 Å². The second-order valence-electron chi connectivity index (χ2n) is 4.76. The number of rotatable bonds is 2. The molecule has 3 heteroatoms. The van der Waals surface area contributed by atoms with Crippen molar-refractivity contribution in [3.63, 3.8) is 0 Å². The van der Waals surface area contributed by atoms with Crippen LogP contribution in [0.25, 0.3) is 0 Å². The Morgan fingerprint density at radius 2 is 1.80 bits per heavy atom. The highest BCUT2D eigenvalue weighted by molar-refractivity contribution is 4.98. The molecule has 0 spiro atoms. The van der Waals surface area contributed by atoms with Gasteiger partial charge in [0.1, 0.15) is 6.04 Å². The number of nitrogens with zero attached hydrogens (tertiary/aromatic N) is 2. The Labute approximate surface area is 92.4 Å². The summed E-state index contributed by atoms with van der Waals surface area (Å²) in [7, 11) is 0. The third-order valence-electron chi connectivity index (χ3n) is 3.77. The molecule has 84 valence electrons. The van der Waals surface area contributed by atoms with E-state index in [-0.39, 0.29) is 6.04 Å². The first-order valence-electron chi connectivity index (χ1n) is 6.26. The standard InChI is InChI=1S/C12H21N3/c13-10-12(11-4-2-1-3-5-11)15-8-6-14-7-9-15/h11-12,14H,1-9H2/t12-/m1/s1. The maximum atomic E-state index is 9.32. The molecule has 1 N–H and O–H groups in total. The average molecular weight is 207 g/mol. The first-order chi connectivity index (χ1) is 7.42. The molecule has 0 unspecified atom stereocenters. The van der Waals surface area contributed by atoms with Gasteiger partial charge >= 0.3 is 0 Å². The molecule has 0 bridgehead atoms. The smallest absolute Gasteiger partial charge is 0.101 e. The maximum Gasteiger partial charge on any atom is 0.101 e. The van der Waals surface area contributed by atoms with Crippen molar-refractivity contribution in [1.29, 1.82) is 5.26 Å². The molecule has 0 radical (unpaired) electrons. The Hall–Kier alpha value is -0.590. The summed E-state index contributed by atoms with van der Waals surface area (Å²) in [5.41, 5.74) is 0. The van der Waals surface area contributed by atoms with Crippen molar-refractivity contribution in [2.45, 2.75) is 38.1 Å². The summed E-state index contributed by atoms with van der Waals surface area (Å²) < 4.78 is 0. The molecule has 0 aromatic carbocycles. The van der Waals surface area contributed by atoms with Gasteiger partial charge in [-0.2, -0.15) is 5.26 Å². The second-order valence-corrected chi connectivity index (χ2v) is 4.76. The van der Waals surface area contributed by atoms with Gasteiger partial charge in [0.15, 0.2) is 0 Å². The van der Waals surface area contributed by atoms with Gasteiger partial charge < -0.3 is 5.32 Å². The van der Waals surface area contributed by atoms with E-state index in [1.54, 1.807) is 0 Å². The Kier molecular flexibility index (Phi) is 3.99. The van der Waals surface area contributed by atoms with Crippen LogP contribution in [0.2, 0.25) is 0 Å². The molecule has 1 atom stereocenters. The molecule has 1 aliphatic heterocycles. The van der Waals surface area contributed by atoms with E-state index in [0.29, 0.717) is 5.92 Å². The minimum Gasteiger partial charge on any atom is -0.314 e. The van der Waals surface area contributed by atoms with E-state index in [4.69, 9.17) is 0 Å². The lowest BCUT2D eigenvalue weighted by Gasteiger charge is -2.36. The highest BCUT2D eigenvalue weighted by atomic mass is 15.2. The van der Waals surface area contributed by atoms with Gasteiger partial charge in [-0.1, -0.05) is 19.3 Å². The van der Waals surface area contributed by atoms with Crippen molar-refractivity contribution in [1.82, 2.24) is 10.2 Å². The lowest BCUT2D eigenvalue weighted by Crippen LogP contribution is -2.50. The summed E-state index contributed by atoms with van der Waals surface area (Å²) in [5.74, 6) is 0.641. The van der Waals surface area contributed by atoms with Crippen molar-refractivity contribution < 1.29 is 0 Å². The van der Waals surface area contributed by atoms with Gasteiger partial charge in [-0.25, -0.2) is 0 Å². The van der Waals surface area contributed by atoms with E-state index >= 15 is 0 Å². The molecule has 15 heavy (non-hydrogen) atoms. The van der Waals surface area contributed by atoms with Crippen LogP contribution in [0.3, 0.4) is 0 Å². The molecule has 0 amide bonds. The van der Waals surface area contributed by atoms with Crippen LogP contribution in [0, 0.1) is 17.2 Å². The molecule has 0 aromatic rings. The molecule has 2 aliphatic rings. The fraction of sp³-hybridized carbons (Fsp3) is 0.917.